The van der Waals surface area contributed by atoms with Gasteiger partial charge in [-0.3, -0.25) is 9.78 Å². The van der Waals surface area contributed by atoms with Crippen LogP contribution in [0.3, 0.4) is 0 Å². The van der Waals surface area contributed by atoms with E-state index in [0.29, 0.717) is 24.8 Å². The number of pyridine rings is 1. The highest BCUT2D eigenvalue weighted by molar-refractivity contribution is 5.83. The van der Waals surface area contributed by atoms with Crippen LogP contribution in [0.4, 0.5) is 0 Å². The van der Waals surface area contributed by atoms with Crippen molar-refractivity contribution in [3.05, 3.63) is 54.7 Å². The summed E-state index contributed by atoms with van der Waals surface area (Å²) >= 11 is 0. The van der Waals surface area contributed by atoms with E-state index in [0.717, 1.165) is 22.9 Å². The molecule has 3 saturated heterocycles. The number of para-hydroxylation sites is 1. The van der Waals surface area contributed by atoms with Crippen LogP contribution in [0, 0.1) is 11.8 Å². The molecule has 3 fully saturated rings. The molecule has 5 rings (SSSR count). The van der Waals surface area contributed by atoms with Crippen LogP contribution < -0.4 is 0 Å². The Hall–Kier alpha value is -2.20. The zero-order valence-electron chi connectivity index (χ0n) is 12.9. The van der Waals surface area contributed by atoms with Gasteiger partial charge < -0.3 is 10.0 Å². The van der Waals surface area contributed by atoms with Gasteiger partial charge in [-0.2, -0.15) is 0 Å². The second kappa shape index (κ2) is 5.46. The summed E-state index contributed by atoms with van der Waals surface area (Å²) in [6.45, 7) is 4.57. The van der Waals surface area contributed by atoms with Crippen LogP contribution in [0.25, 0.3) is 10.9 Å². The number of piperidine rings is 3. The minimum absolute atomic E-state index is 0.150. The Labute approximate surface area is 135 Å². The molecule has 2 aromatic rings. The van der Waals surface area contributed by atoms with Crippen molar-refractivity contribution in [2.75, 3.05) is 6.54 Å². The average Bonchev–Trinajstić information content (AvgIpc) is 2.60. The van der Waals surface area contributed by atoms with Gasteiger partial charge >= 0.3 is 0 Å². The molecule has 1 amide bonds. The Morgan fingerprint density at radius 1 is 1.35 bits per heavy atom. The maximum absolute atomic E-state index is 12.3. The van der Waals surface area contributed by atoms with Gasteiger partial charge in [-0.15, -0.1) is 6.58 Å². The van der Waals surface area contributed by atoms with Crippen LogP contribution in [-0.4, -0.2) is 33.5 Å². The van der Waals surface area contributed by atoms with E-state index >= 15 is 0 Å². The molecule has 2 bridgehead atoms. The summed E-state index contributed by atoms with van der Waals surface area (Å²) in [6.07, 6.45) is 4.41. The Morgan fingerprint density at radius 2 is 2.17 bits per heavy atom. The summed E-state index contributed by atoms with van der Waals surface area (Å²) in [6, 6.07) is 9.53. The second-order valence-electron chi connectivity index (χ2n) is 6.58. The van der Waals surface area contributed by atoms with Gasteiger partial charge in [0.25, 0.3) is 0 Å². The van der Waals surface area contributed by atoms with E-state index < -0.39 is 6.10 Å². The number of carbonyl (C=O) groups excluding carboxylic acids is 1. The molecule has 4 heteroatoms. The van der Waals surface area contributed by atoms with E-state index in [9.17, 15) is 9.90 Å². The summed E-state index contributed by atoms with van der Waals surface area (Å²) < 4.78 is 0. The monoisotopic (exact) mass is 308 g/mol. The zero-order chi connectivity index (χ0) is 16.0. The molecular formula is C19H20N2O2. The van der Waals surface area contributed by atoms with Crippen molar-refractivity contribution in [1.82, 2.24) is 9.88 Å². The fourth-order valence-electron chi connectivity index (χ4n) is 4.14. The molecule has 3 aliphatic heterocycles. The molecule has 0 spiro atoms. The average molecular weight is 308 g/mol. The first-order valence-electron chi connectivity index (χ1n) is 8.12. The summed E-state index contributed by atoms with van der Waals surface area (Å²) in [5, 5.41) is 12.0. The molecule has 0 radical (unpaired) electrons. The largest absolute Gasteiger partial charge is 0.386 e. The van der Waals surface area contributed by atoms with Crippen LogP contribution in [0.2, 0.25) is 0 Å². The fourth-order valence-corrected chi connectivity index (χ4v) is 4.14. The maximum atomic E-state index is 12.3. The number of carbonyl (C=O) groups is 1. The van der Waals surface area contributed by atoms with Crippen molar-refractivity contribution in [3.8, 4) is 0 Å². The first-order valence-corrected chi connectivity index (χ1v) is 8.12. The lowest BCUT2D eigenvalue weighted by molar-refractivity contribution is -0.151. The first kappa shape index (κ1) is 14.4. The number of hydrogen-bond acceptors (Lipinski definition) is 3. The zero-order valence-corrected chi connectivity index (χ0v) is 12.9. The van der Waals surface area contributed by atoms with E-state index in [-0.39, 0.29) is 11.9 Å². The SMILES string of the molecule is C=C[C@H]1CN2C(=O)C[C@H]1C[C@H]2[C@H](O)c1ccnc2ccccc12. The molecule has 0 unspecified atom stereocenters. The topological polar surface area (TPSA) is 53.4 Å². The third-order valence-electron chi connectivity index (χ3n) is 5.38. The Kier molecular flexibility index (Phi) is 3.42. The Balaban J connectivity index is 1.70. The molecule has 0 saturated carbocycles. The van der Waals surface area contributed by atoms with Gasteiger partial charge in [-0.1, -0.05) is 24.3 Å². The third-order valence-corrected chi connectivity index (χ3v) is 5.38. The fraction of sp³-hybridized carbons (Fsp3) is 0.368. The normalized spacial score (nSPS) is 28.1. The van der Waals surface area contributed by atoms with Gasteiger partial charge in [0, 0.05) is 24.5 Å². The summed E-state index contributed by atoms with van der Waals surface area (Å²) in [4.78, 5) is 18.5. The minimum atomic E-state index is -0.680. The van der Waals surface area contributed by atoms with Gasteiger partial charge in [0.05, 0.1) is 11.6 Å². The third kappa shape index (κ3) is 2.25. The number of aliphatic hydroxyl groups excluding tert-OH is 1. The second-order valence-corrected chi connectivity index (χ2v) is 6.58. The highest BCUT2D eigenvalue weighted by Crippen LogP contribution is 2.42. The lowest BCUT2D eigenvalue weighted by atomic mass is 9.73. The van der Waals surface area contributed by atoms with Crippen LogP contribution in [0.15, 0.2) is 49.2 Å². The molecule has 4 nitrogen and oxygen atoms in total. The van der Waals surface area contributed by atoms with Crippen molar-refractivity contribution in [1.29, 1.82) is 0 Å². The standard InChI is InChI=1S/C19H20N2O2/c1-2-12-11-21-17(9-13(12)10-18(21)22)19(23)15-7-8-20-16-6-4-3-5-14(15)16/h2-8,12-13,17,19,23H,1,9-11H2/t12-,13+,17-,19+/m0/s1. The van der Waals surface area contributed by atoms with E-state index in [4.69, 9.17) is 0 Å². The molecule has 118 valence electrons. The van der Waals surface area contributed by atoms with Gasteiger partial charge in [0.2, 0.25) is 5.91 Å². The smallest absolute Gasteiger partial charge is 0.223 e. The van der Waals surface area contributed by atoms with Gasteiger partial charge in [-0.05, 0) is 36.0 Å². The Bertz CT molecular complexity index is 768. The predicted octanol–water partition coefficient (Wildman–Crippen LogP) is 2.69. The molecular weight excluding hydrogens is 288 g/mol. The molecule has 1 aromatic carbocycles. The molecule has 1 N–H and O–H groups in total. The van der Waals surface area contributed by atoms with E-state index in [2.05, 4.69) is 11.6 Å². The minimum Gasteiger partial charge on any atom is -0.386 e. The van der Waals surface area contributed by atoms with Gasteiger partial charge in [0.15, 0.2) is 0 Å². The van der Waals surface area contributed by atoms with Crippen molar-refractivity contribution >= 4 is 16.8 Å². The maximum Gasteiger partial charge on any atom is 0.223 e. The number of amides is 1. The van der Waals surface area contributed by atoms with Crippen LogP contribution in [-0.2, 0) is 4.79 Å². The number of rotatable bonds is 3. The van der Waals surface area contributed by atoms with Crippen molar-refractivity contribution in [2.45, 2.75) is 25.0 Å². The van der Waals surface area contributed by atoms with Crippen LogP contribution in [0.5, 0.6) is 0 Å². The number of fused-ring (bicyclic) bond motifs is 4. The van der Waals surface area contributed by atoms with Gasteiger partial charge in [0.1, 0.15) is 6.10 Å². The van der Waals surface area contributed by atoms with Crippen LogP contribution >= 0.6 is 0 Å². The van der Waals surface area contributed by atoms with Crippen LogP contribution in [0.1, 0.15) is 24.5 Å². The summed E-state index contributed by atoms with van der Waals surface area (Å²) in [7, 11) is 0. The number of aliphatic hydroxyl groups is 1. The predicted molar refractivity (Wildman–Crippen MR) is 88.6 cm³/mol. The molecule has 23 heavy (non-hydrogen) atoms. The Morgan fingerprint density at radius 3 is 2.96 bits per heavy atom. The lowest BCUT2D eigenvalue weighted by Crippen LogP contribution is -2.57. The molecule has 0 aliphatic carbocycles. The molecule has 4 atom stereocenters. The van der Waals surface area contributed by atoms with Crippen molar-refractivity contribution < 1.29 is 9.90 Å². The molecule has 4 heterocycles. The number of hydrogen-bond donors (Lipinski definition) is 1. The van der Waals surface area contributed by atoms with E-state index in [1.54, 1.807) is 6.20 Å². The van der Waals surface area contributed by atoms with Gasteiger partial charge in [-0.25, -0.2) is 0 Å². The highest BCUT2D eigenvalue weighted by atomic mass is 16.3. The van der Waals surface area contributed by atoms with Crippen molar-refractivity contribution in [3.63, 3.8) is 0 Å². The highest BCUT2D eigenvalue weighted by Gasteiger charge is 2.46. The molecule has 1 aromatic heterocycles. The quantitative estimate of drug-likeness (QED) is 0.887. The lowest BCUT2D eigenvalue weighted by Gasteiger charge is -2.50. The number of benzene rings is 1. The number of aromatic nitrogens is 1. The van der Waals surface area contributed by atoms with E-state index in [1.165, 1.54) is 0 Å². The van der Waals surface area contributed by atoms with Crippen molar-refractivity contribution in [2.24, 2.45) is 11.8 Å². The summed E-state index contributed by atoms with van der Waals surface area (Å²) in [5.74, 6) is 0.810. The number of nitrogens with zero attached hydrogens (tertiary/aromatic N) is 2. The summed E-state index contributed by atoms with van der Waals surface area (Å²) in [5.41, 5.74) is 1.73. The first-order chi connectivity index (χ1) is 11.2. The molecule has 3 aliphatic rings. The van der Waals surface area contributed by atoms with E-state index in [1.807, 2.05) is 41.3 Å².